The molecule has 2 aromatic rings. The third-order valence-corrected chi connectivity index (χ3v) is 6.03. The summed E-state index contributed by atoms with van der Waals surface area (Å²) < 4.78 is 85.1. The molecule has 1 fully saturated rings. The van der Waals surface area contributed by atoms with Crippen LogP contribution in [0.1, 0.15) is 55.7 Å². The first-order chi connectivity index (χ1) is 16.3. The van der Waals surface area contributed by atoms with Gasteiger partial charge < -0.3 is 14.2 Å². The molecule has 35 heavy (non-hydrogen) atoms. The topological polar surface area (TPSA) is 80.8 Å². The fourth-order valence-electron chi connectivity index (χ4n) is 4.18. The predicted octanol–water partition coefficient (Wildman–Crippen LogP) is 5.68. The molecule has 0 spiro atoms. The smallest absolute Gasteiger partial charge is 0.426 e. The van der Waals surface area contributed by atoms with E-state index in [0.29, 0.717) is 11.7 Å². The standard InChI is InChI=1S/C22H22F6N4O3/c1-11(2)16-15-9-13(3-4-14(15)10-29-16)17-30-18(35-31-17)12-5-7-32(8-6-12)20(33)34-19(21(23,24)25)22(26,27)28/h3-4,9-12,16,19H,5-8H2,1-2H3. The number of aromatic nitrogens is 2. The van der Waals surface area contributed by atoms with E-state index in [9.17, 15) is 31.1 Å². The molecule has 0 saturated carbocycles. The number of nitrogens with zero attached hydrogens (tertiary/aromatic N) is 4. The number of amides is 1. The summed E-state index contributed by atoms with van der Waals surface area (Å²) in [6.07, 6.45) is -15.1. The van der Waals surface area contributed by atoms with Gasteiger partial charge in [0.25, 0.3) is 6.10 Å². The normalized spacial score (nSPS) is 19.0. The van der Waals surface area contributed by atoms with E-state index < -0.39 is 24.5 Å². The number of fused-ring (bicyclic) bond motifs is 1. The largest absolute Gasteiger partial charge is 0.434 e. The van der Waals surface area contributed by atoms with Crippen LogP contribution in [0.5, 0.6) is 0 Å². The van der Waals surface area contributed by atoms with Crippen molar-refractivity contribution < 1.29 is 40.4 Å². The van der Waals surface area contributed by atoms with Crippen LogP contribution in [0.4, 0.5) is 31.1 Å². The third-order valence-electron chi connectivity index (χ3n) is 6.03. The summed E-state index contributed by atoms with van der Waals surface area (Å²) in [6, 6.07) is 5.76. The minimum atomic E-state index is -5.76. The molecule has 1 atom stereocenters. The van der Waals surface area contributed by atoms with Crippen molar-refractivity contribution in [3.63, 3.8) is 0 Å². The fourth-order valence-corrected chi connectivity index (χ4v) is 4.18. The van der Waals surface area contributed by atoms with Gasteiger partial charge in [0, 0.05) is 30.8 Å². The molecule has 2 aliphatic rings. The van der Waals surface area contributed by atoms with Gasteiger partial charge in [-0.1, -0.05) is 31.1 Å². The van der Waals surface area contributed by atoms with E-state index in [0.717, 1.165) is 21.6 Å². The summed E-state index contributed by atoms with van der Waals surface area (Å²) in [7, 11) is 0. The number of ether oxygens (including phenoxy) is 1. The van der Waals surface area contributed by atoms with Crippen LogP contribution in [0.25, 0.3) is 11.4 Å². The molecule has 2 aliphatic heterocycles. The molecule has 1 aromatic heterocycles. The highest BCUT2D eigenvalue weighted by atomic mass is 19.4. The number of piperidine rings is 1. The second kappa shape index (κ2) is 9.15. The molecule has 0 bridgehead atoms. The van der Waals surface area contributed by atoms with Crippen molar-refractivity contribution in [2.24, 2.45) is 10.9 Å². The van der Waals surface area contributed by atoms with Gasteiger partial charge in [0.15, 0.2) is 0 Å². The molecule has 13 heteroatoms. The van der Waals surface area contributed by atoms with Crippen molar-refractivity contribution in [2.45, 2.75) is 57.1 Å². The number of hydrogen-bond donors (Lipinski definition) is 0. The van der Waals surface area contributed by atoms with Gasteiger partial charge in [0.1, 0.15) is 0 Å². The number of rotatable bonds is 4. The summed E-state index contributed by atoms with van der Waals surface area (Å²) in [4.78, 5) is 21.7. The Hall–Kier alpha value is -3.12. The van der Waals surface area contributed by atoms with Crippen molar-refractivity contribution in [1.29, 1.82) is 0 Å². The Morgan fingerprint density at radius 3 is 2.37 bits per heavy atom. The monoisotopic (exact) mass is 504 g/mol. The maximum absolute atomic E-state index is 12.7. The summed E-state index contributed by atoms with van der Waals surface area (Å²) in [5.74, 6) is 0.649. The van der Waals surface area contributed by atoms with Gasteiger partial charge in [-0.25, -0.2) is 4.79 Å². The minimum Gasteiger partial charge on any atom is -0.426 e. The van der Waals surface area contributed by atoms with Gasteiger partial charge in [0.2, 0.25) is 11.7 Å². The van der Waals surface area contributed by atoms with Crippen molar-refractivity contribution in [1.82, 2.24) is 15.0 Å². The maximum Gasteiger partial charge on any atom is 0.434 e. The zero-order valence-electron chi connectivity index (χ0n) is 18.7. The number of aliphatic imine (C=N–C) groups is 1. The van der Waals surface area contributed by atoms with Crippen molar-refractivity contribution in [2.75, 3.05) is 13.1 Å². The van der Waals surface area contributed by atoms with E-state index >= 15 is 0 Å². The zero-order valence-corrected chi connectivity index (χ0v) is 18.7. The molecule has 0 aliphatic carbocycles. The molecule has 1 aromatic carbocycles. The summed E-state index contributed by atoms with van der Waals surface area (Å²) in [5, 5.41) is 4.02. The molecule has 4 rings (SSSR count). The second-order valence-corrected chi connectivity index (χ2v) is 8.88. The Kier molecular flexibility index (Phi) is 6.54. The molecule has 1 amide bonds. The highest BCUT2D eigenvalue weighted by Crippen LogP contribution is 2.37. The predicted molar refractivity (Wildman–Crippen MR) is 111 cm³/mol. The van der Waals surface area contributed by atoms with Crippen LogP contribution < -0.4 is 0 Å². The van der Waals surface area contributed by atoms with Gasteiger partial charge in [-0.05, 0) is 36.0 Å². The van der Waals surface area contributed by atoms with E-state index in [2.05, 4.69) is 33.7 Å². The highest BCUT2D eigenvalue weighted by molar-refractivity contribution is 5.86. The van der Waals surface area contributed by atoms with E-state index in [-0.39, 0.29) is 43.8 Å². The van der Waals surface area contributed by atoms with Crippen LogP contribution in [0.15, 0.2) is 27.7 Å². The lowest BCUT2D eigenvalue weighted by atomic mass is 9.94. The van der Waals surface area contributed by atoms with Crippen molar-refractivity contribution in [3.8, 4) is 11.4 Å². The summed E-state index contributed by atoms with van der Waals surface area (Å²) in [6.45, 7) is 3.92. The highest BCUT2D eigenvalue weighted by Gasteiger charge is 2.60. The second-order valence-electron chi connectivity index (χ2n) is 8.88. The molecule has 1 saturated heterocycles. The van der Waals surface area contributed by atoms with Crippen LogP contribution in [0, 0.1) is 5.92 Å². The van der Waals surface area contributed by atoms with Crippen LogP contribution in [-0.2, 0) is 4.74 Å². The van der Waals surface area contributed by atoms with Crippen molar-refractivity contribution >= 4 is 12.3 Å². The first-order valence-corrected chi connectivity index (χ1v) is 10.9. The Labute approximate surface area is 196 Å². The number of alkyl halides is 6. The molecule has 0 N–H and O–H groups in total. The molecular formula is C22H22F6N4O3. The maximum atomic E-state index is 12.7. The van der Waals surface area contributed by atoms with Gasteiger partial charge in [-0.15, -0.1) is 0 Å². The quantitative estimate of drug-likeness (QED) is 0.501. The average Bonchev–Trinajstić information content (AvgIpc) is 3.43. The van der Waals surface area contributed by atoms with E-state index in [1.54, 1.807) is 0 Å². The SMILES string of the molecule is CC(C)C1N=Cc2ccc(-c3noc(C4CCN(C(=O)OC(C(F)(F)F)C(F)(F)F)CC4)n3)cc21. The van der Waals surface area contributed by atoms with E-state index in [1.165, 1.54) is 0 Å². The lowest BCUT2D eigenvalue weighted by molar-refractivity contribution is -0.308. The van der Waals surface area contributed by atoms with Gasteiger partial charge in [-0.2, -0.15) is 31.3 Å². The Balaban J connectivity index is 1.39. The molecule has 3 heterocycles. The van der Waals surface area contributed by atoms with Crippen LogP contribution in [0.3, 0.4) is 0 Å². The van der Waals surface area contributed by atoms with Gasteiger partial charge >= 0.3 is 18.4 Å². The van der Waals surface area contributed by atoms with Gasteiger partial charge in [0.05, 0.1) is 6.04 Å². The Bertz CT molecular complexity index is 1090. The van der Waals surface area contributed by atoms with Gasteiger partial charge in [-0.3, -0.25) is 4.99 Å². The first-order valence-electron chi connectivity index (χ1n) is 10.9. The molecule has 0 radical (unpaired) electrons. The molecule has 1 unspecified atom stereocenters. The number of hydrogen-bond acceptors (Lipinski definition) is 6. The van der Waals surface area contributed by atoms with Crippen LogP contribution >= 0.6 is 0 Å². The summed E-state index contributed by atoms with van der Waals surface area (Å²) in [5.41, 5.74) is 2.82. The van der Waals surface area contributed by atoms with E-state index in [4.69, 9.17) is 4.52 Å². The van der Waals surface area contributed by atoms with Crippen LogP contribution in [0.2, 0.25) is 0 Å². The zero-order chi connectivity index (χ0) is 25.5. The lowest BCUT2D eigenvalue weighted by Crippen LogP contribution is -2.49. The molecule has 190 valence electrons. The van der Waals surface area contributed by atoms with Crippen molar-refractivity contribution in [3.05, 3.63) is 35.2 Å². The number of benzene rings is 1. The average molecular weight is 504 g/mol. The lowest BCUT2D eigenvalue weighted by Gasteiger charge is -2.31. The molecular weight excluding hydrogens is 482 g/mol. The number of carbonyl (C=O) groups is 1. The first kappa shape index (κ1) is 25.0. The number of likely N-dealkylation sites (tertiary alicyclic amines) is 1. The molecule has 7 nitrogen and oxygen atoms in total. The fraction of sp³-hybridized carbons (Fsp3) is 0.545. The third kappa shape index (κ3) is 5.27. The number of carbonyl (C=O) groups excluding carboxylic acids is 1. The Morgan fingerprint density at radius 2 is 1.77 bits per heavy atom. The minimum absolute atomic E-state index is 0.0368. The van der Waals surface area contributed by atoms with E-state index in [1.807, 2.05) is 24.4 Å². The number of halogens is 6. The summed E-state index contributed by atoms with van der Waals surface area (Å²) >= 11 is 0. The van der Waals surface area contributed by atoms with Crippen LogP contribution in [-0.4, -0.2) is 58.9 Å². The Morgan fingerprint density at radius 1 is 1.11 bits per heavy atom.